The minimum absolute atomic E-state index is 0.327. The largest absolute Gasteiger partial charge is 0.494 e. The Kier molecular flexibility index (Phi) is 13.6. The van der Waals surface area contributed by atoms with E-state index < -0.39 is 5.97 Å². The predicted octanol–water partition coefficient (Wildman–Crippen LogP) is 10.0. The maximum absolute atomic E-state index is 12.2. The van der Waals surface area contributed by atoms with Crippen molar-refractivity contribution in [1.82, 2.24) is 0 Å². The highest BCUT2D eigenvalue weighted by Gasteiger charge is 2.07. The number of carbonyl (C=O) groups excluding carboxylic acids is 2. The molecule has 0 amide bonds. The summed E-state index contributed by atoms with van der Waals surface area (Å²) in [6.07, 6.45) is 8.25. The van der Waals surface area contributed by atoms with Crippen LogP contribution < -0.4 is 9.47 Å². The topological polar surface area (TPSA) is 61.8 Å². The number of unbranched alkanes of at least 4 members (excludes halogenated alkanes) is 3. The molecule has 0 saturated heterocycles. The summed E-state index contributed by atoms with van der Waals surface area (Å²) < 4.78 is 16.5. The first-order chi connectivity index (χ1) is 25.4. The number of rotatable bonds is 14. The van der Waals surface area contributed by atoms with Crippen molar-refractivity contribution in [1.29, 1.82) is 0 Å². The van der Waals surface area contributed by atoms with Crippen molar-refractivity contribution in [2.75, 3.05) is 13.2 Å². The van der Waals surface area contributed by atoms with Crippen molar-refractivity contribution in [3.05, 3.63) is 156 Å². The Morgan fingerprint density at radius 2 is 1.21 bits per heavy atom. The van der Waals surface area contributed by atoms with Gasteiger partial charge in [0.1, 0.15) is 11.5 Å². The Labute approximate surface area is 307 Å². The lowest BCUT2D eigenvalue weighted by Crippen LogP contribution is -2.04. The second-order valence-electron chi connectivity index (χ2n) is 12.2. The molecule has 0 N–H and O–H groups in total. The second-order valence-corrected chi connectivity index (χ2v) is 12.2. The van der Waals surface area contributed by atoms with Gasteiger partial charge in [-0.05, 0) is 114 Å². The molecule has 5 nitrogen and oxygen atoms in total. The number of carbonyl (C=O) groups is 2. The van der Waals surface area contributed by atoms with Crippen LogP contribution in [0.3, 0.4) is 0 Å². The van der Waals surface area contributed by atoms with Crippen LogP contribution in [0.4, 0.5) is 0 Å². The Hall–Kier alpha value is -6.30. The highest BCUT2D eigenvalue weighted by Crippen LogP contribution is 2.24. The van der Waals surface area contributed by atoms with Gasteiger partial charge < -0.3 is 14.2 Å². The summed E-state index contributed by atoms with van der Waals surface area (Å²) in [5.74, 6) is 13.0. The summed E-state index contributed by atoms with van der Waals surface area (Å²) in [6, 6.07) is 34.3. The van der Waals surface area contributed by atoms with Crippen molar-refractivity contribution < 1.29 is 23.8 Å². The van der Waals surface area contributed by atoms with E-state index in [-0.39, 0.29) is 5.97 Å². The molecular formula is C47H42O5. The molecule has 0 aromatic heterocycles. The molecule has 5 aromatic rings. The third kappa shape index (κ3) is 11.1. The van der Waals surface area contributed by atoms with Gasteiger partial charge >= 0.3 is 11.9 Å². The molecule has 52 heavy (non-hydrogen) atoms. The van der Waals surface area contributed by atoms with Crippen molar-refractivity contribution in [2.24, 2.45) is 0 Å². The van der Waals surface area contributed by atoms with Gasteiger partial charge in [-0.25, -0.2) is 9.59 Å². The van der Waals surface area contributed by atoms with E-state index in [2.05, 4.69) is 80.2 Å². The first kappa shape index (κ1) is 37.0. The van der Waals surface area contributed by atoms with E-state index in [1.807, 2.05) is 60.7 Å². The summed E-state index contributed by atoms with van der Waals surface area (Å²) in [4.78, 5) is 23.3. The standard InChI is InChI=1S/C47H42O5/c1-4-11-35-14-21-39(22-15-35)40-23-16-36(17-24-40)18-25-41-26-19-38(33-45(41)52-47(49)6-3)13-12-37-20-27-43-34-44(29-28-42(43)32-37)50-30-9-7-8-10-31-51-46(48)5-2/h5-6,14-17,19-24,26-29,32-34H,2-4,7-11,30-31H2,1H3. The van der Waals surface area contributed by atoms with Gasteiger partial charge in [0.15, 0.2) is 0 Å². The Morgan fingerprint density at radius 3 is 1.92 bits per heavy atom. The third-order valence-corrected chi connectivity index (χ3v) is 8.29. The molecule has 0 heterocycles. The van der Waals surface area contributed by atoms with Crippen molar-refractivity contribution in [3.8, 4) is 46.3 Å². The lowest BCUT2D eigenvalue weighted by atomic mass is 10.0. The maximum atomic E-state index is 12.2. The maximum Gasteiger partial charge on any atom is 0.335 e. The van der Waals surface area contributed by atoms with Crippen LogP contribution in [0, 0.1) is 23.7 Å². The predicted molar refractivity (Wildman–Crippen MR) is 209 cm³/mol. The van der Waals surface area contributed by atoms with Gasteiger partial charge in [0.2, 0.25) is 0 Å². The number of aryl methyl sites for hydroxylation is 1. The van der Waals surface area contributed by atoms with Crippen LogP contribution in [0.5, 0.6) is 11.5 Å². The first-order valence-corrected chi connectivity index (χ1v) is 17.6. The molecule has 5 rings (SSSR count). The smallest absolute Gasteiger partial charge is 0.335 e. The lowest BCUT2D eigenvalue weighted by molar-refractivity contribution is -0.137. The molecule has 260 valence electrons. The average Bonchev–Trinajstić information content (AvgIpc) is 3.18. The Morgan fingerprint density at radius 1 is 0.615 bits per heavy atom. The van der Waals surface area contributed by atoms with Gasteiger partial charge in [0.05, 0.1) is 18.8 Å². The molecule has 0 atom stereocenters. The van der Waals surface area contributed by atoms with E-state index in [0.29, 0.717) is 30.1 Å². The fourth-order valence-corrected chi connectivity index (χ4v) is 5.49. The highest BCUT2D eigenvalue weighted by molar-refractivity contribution is 5.85. The molecule has 0 aliphatic heterocycles. The quantitative estimate of drug-likeness (QED) is 0.0383. The molecule has 0 fully saturated rings. The molecule has 5 heteroatoms. The van der Waals surface area contributed by atoms with E-state index in [1.54, 1.807) is 6.07 Å². The van der Waals surface area contributed by atoms with E-state index in [4.69, 9.17) is 14.2 Å². The SMILES string of the molecule is C=CC(=O)OCCCCCCOc1ccc2cc(C#Cc3ccc(C#Cc4ccc(-c5ccc(CCC)cc5)cc4)c(OC(=O)C=C)c3)ccc2c1. The average molecular weight is 687 g/mol. The van der Waals surface area contributed by atoms with E-state index >= 15 is 0 Å². The zero-order chi connectivity index (χ0) is 36.5. The van der Waals surface area contributed by atoms with Crippen molar-refractivity contribution >= 4 is 22.7 Å². The van der Waals surface area contributed by atoms with Gasteiger partial charge in [0.25, 0.3) is 0 Å². The summed E-state index contributed by atoms with van der Waals surface area (Å²) in [6.45, 7) is 10.2. The number of esters is 2. The molecule has 0 unspecified atom stereocenters. The summed E-state index contributed by atoms with van der Waals surface area (Å²) in [7, 11) is 0. The monoisotopic (exact) mass is 686 g/mol. The summed E-state index contributed by atoms with van der Waals surface area (Å²) in [5, 5.41) is 2.11. The van der Waals surface area contributed by atoms with Gasteiger partial charge in [-0.3, -0.25) is 0 Å². The van der Waals surface area contributed by atoms with E-state index in [1.165, 1.54) is 17.2 Å². The second kappa shape index (κ2) is 19.2. The van der Waals surface area contributed by atoms with E-state index in [0.717, 1.165) is 77.8 Å². The Balaban J connectivity index is 1.21. The molecule has 0 aliphatic rings. The van der Waals surface area contributed by atoms with Crippen molar-refractivity contribution in [3.63, 3.8) is 0 Å². The molecular weight excluding hydrogens is 645 g/mol. The fraction of sp³-hybridized carbons (Fsp3) is 0.191. The number of benzene rings is 5. The number of hydrogen-bond donors (Lipinski definition) is 0. The lowest BCUT2D eigenvalue weighted by Gasteiger charge is -2.08. The fourth-order valence-electron chi connectivity index (χ4n) is 5.49. The van der Waals surface area contributed by atoms with Crippen LogP contribution in [0.2, 0.25) is 0 Å². The molecule has 0 bridgehead atoms. The van der Waals surface area contributed by atoms with Crippen molar-refractivity contribution in [2.45, 2.75) is 45.4 Å². The Bertz CT molecular complexity index is 2150. The summed E-state index contributed by atoms with van der Waals surface area (Å²) >= 11 is 0. The zero-order valence-corrected chi connectivity index (χ0v) is 29.6. The molecule has 0 saturated carbocycles. The molecule has 0 radical (unpaired) electrons. The number of hydrogen-bond acceptors (Lipinski definition) is 5. The minimum atomic E-state index is -0.566. The van der Waals surface area contributed by atoms with Crippen LogP contribution in [-0.2, 0) is 20.7 Å². The zero-order valence-electron chi connectivity index (χ0n) is 29.6. The van der Waals surface area contributed by atoms with Crippen LogP contribution in [-0.4, -0.2) is 25.2 Å². The van der Waals surface area contributed by atoms with Crippen LogP contribution in [0.15, 0.2) is 128 Å². The van der Waals surface area contributed by atoms with E-state index in [9.17, 15) is 9.59 Å². The van der Waals surface area contributed by atoms with Crippen LogP contribution >= 0.6 is 0 Å². The van der Waals surface area contributed by atoms with Crippen LogP contribution in [0.25, 0.3) is 21.9 Å². The number of fused-ring (bicyclic) bond motifs is 1. The van der Waals surface area contributed by atoms with Crippen LogP contribution in [0.1, 0.15) is 66.8 Å². The van der Waals surface area contributed by atoms with Gasteiger partial charge in [-0.1, -0.05) is 98.7 Å². The molecule has 0 spiro atoms. The minimum Gasteiger partial charge on any atom is -0.494 e. The van der Waals surface area contributed by atoms with Gasteiger partial charge in [-0.2, -0.15) is 0 Å². The first-order valence-electron chi connectivity index (χ1n) is 17.6. The number of ether oxygens (including phenoxy) is 3. The normalized spacial score (nSPS) is 10.2. The van der Waals surface area contributed by atoms with Gasteiger partial charge in [0, 0.05) is 28.8 Å². The third-order valence-electron chi connectivity index (χ3n) is 8.29. The highest BCUT2D eigenvalue weighted by atomic mass is 16.5. The van der Waals surface area contributed by atoms with Gasteiger partial charge in [-0.15, -0.1) is 0 Å². The summed E-state index contributed by atoms with van der Waals surface area (Å²) in [5.41, 5.74) is 6.61. The molecule has 5 aromatic carbocycles. The molecule has 0 aliphatic carbocycles.